The number of rotatable bonds is 2. The van der Waals surface area contributed by atoms with Crippen LogP contribution in [0.5, 0.6) is 0 Å². The Morgan fingerprint density at radius 3 is 3.27 bits per heavy atom. The van der Waals surface area contributed by atoms with Gasteiger partial charge in [-0.3, -0.25) is 0 Å². The largest absolute Gasteiger partial charge is 0.326 e. The molecule has 0 bridgehead atoms. The summed E-state index contributed by atoms with van der Waals surface area (Å²) in [5.74, 6) is 1.11. The maximum atomic E-state index is 4.45. The zero-order valence-corrected chi connectivity index (χ0v) is 9.20. The Labute approximate surface area is 92.8 Å². The van der Waals surface area contributed by atoms with Gasteiger partial charge in [0.25, 0.3) is 0 Å². The molecule has 1 saturated heterocycles. The molecule has 3 heterocycles. The first-order chi connectivity index (χ1) is 7.45. The molecule has 0 saturated carbocycles. The van der Waals surface area contributed by atoms with Crippen LogP contribution in [0, 0.1) is 0 Å². The third-order valence-corrected chi connectivity index (χ3v) is 3.70. The SMILES string of the molecule is c1csc(-c2nccn2C2CCNC2)c1. The topological polar surface area (TPSA) is 29.9 Å². The van der Waals surface area contributed by atoms with Crippen LogP contribution in [-0.2, 0) is 0 Å². The van der Waals surface area contributed by atoms with Crippen LogP contribution in [0.1, 0.15) is 12.5 Å². The number of aromatic nitrogens is 2. The van der Waals surface area contributed by atoms with Crippen molar-refractivity contribution in [3.63, 3.8) is 0 Å². The molecule has 1 fully saturated rings. The summed E-state index contributed by atoms with van der Waals surface area (Å²) < 4.78 is 2.30. The minimum atomic E-state index is 0.574. The van der Waals surface area contributed by atoms with Crippen LogP contribution in [0.2, 0.25) is 0 Å². The van der Waals surface area contributed by atoms with Gasteiger partial charge >= 0.3 is 0 Å². The second kappa shape index (κ2) is 3.79. The van der Waals surface area contributed by atoms with E-state index in [1.165, 1.54) is 11.3 Å². The molecule has 3 nitrogen and oxygen atoms in total. The summed E-state index contributed by atoms with van der Waals surface area (Å²) in [4.78, 5) is 5.71. The van der Waals surface area contributed by atoms with Crippen molar-refractivity contribution in [1.82, 2.24) is 14.9 Å². The standard InChI is InChI=1S/C11H13N3S/c1-2-10(15-7-1)11-13-5-6-14(11)9-3-4-12-8-9/h1-2,5-7,9,12H,3-4,8H2. The van der Waals surface area contributed by atoms with Crippen molar-refractivity contribution in [2.75, 3.05) is 13.1 Å². The summed E-state index contributed by atoms with van der Waals surface area (Å²) in [5, 5.41) is 5.49. The molecule has 0 spiro atoms. The molecule has 1 unspecified atom stereocenters. The summed E-state index contributed by atoms with van der Waals surface area (Å²) in [6.07, 6.45) is 5.19. The molecule has 1 atom stereocenters. The molecule has 78 valence electrons. The molecule has 2 aromatic heterocycles. The quantitative estimate of drug-likeness (QED) is 0.838. The van der Waals surface area contributed by atoms with E-state index < -0.39 is 0 Å². The van der Waals surface area contributed by atoms with Crippen molar-refractivity contribution in [3.8, 4) is 10.7 Å². The van der Waals surface area contributed by atoms with Gasteiger partial charge in [0.05, 0.1) is 4.88 Å². The van der Waals surface area contributed by atoms with Crippen molar-refractivity contribution >= 4 is 11.3 Å². The van der Waals surface area contributed by atoms with E-state index in [2.05, 4.69) is 38.6 Å². The van der Waals surface area contributed by atoms with Crippen molar-refractivity contribution < 1.29 is 0 Å². The van der Waals surface area contributed by atoms with Crippen LogP contribution < -0.4 is 5.32 Å². The second-order valence-corrected chi connectivity index (χ2v) is 4.73. The molecular weight excluding hydrogens is 206 g/mol. The monoisotopic (exact) mass is 219 g/mol. The number of thiophene rings is 1. The zero-order chi connectivity index (χ0) is 10.1. The molecule has 4 heteroatoms. The predicted molar refractivity (Wildman–Crippen MR) is 62.1 cm³/mol. The molecule has 0 aromatic carbocycles. The molecule has 1 N–H and O–H groups in total. The lowest BCUT2D eigenvalue weighted by molar-refractivity contribution is 0.553. The van der Waals surface area contributed by atoms with Gasteiger partial charge in [-0.2, -0.15) is 0 Å². The van der Waals surface area contributed by atoms with Crippen molar-refractivity contribution in [1.29, 1.82) is 0 Å². The van der Waals surface area contributed by atoms with E-state index in [1.807, 2.05) is 6.20 Å². The van der Waals surface area contributed by atoms with Gasteiger partial charge in [-0.05, 0) is 24.4 Å². The van der Waals surface area contributed by atoms with Crippen molar-refractivity contribution in [2.45, 2.75) is 12.5 Å². The minimum absolute atomic E-state index is 0.574. The zero-order valence-electron chi connectivity index (χ0n) is 8.39. The van der Waals surface area contributed by atoms with E-state index in [1.54, 1.807) is 11.3 Å². The summed E-state index contributed by atoms with van der Waals surface area (Å²) in [6, 6.07) is 4.78. The van der Waals surface area contributed by atoms with Gasteiger partial charge in [0.15, 0.2) is 0 Å². The Morgan fingerprint density at radius 2 is 2.53 bits per heavy atom. The minimum Gasteiger partial charge on any atom is -0.326 e. The molecule has 0 amide bonds. The van der Waals surface area contributed by atoms with E-state index in [0.717, 1.165) is 18.9 Å². The van der Waals surface area contributed by atoms with Gasteiger partial charge in [0, 0.05) is 25.0 Å². The highest BCUT2D eigenvalue weighted by Gasteiger charge is 2.19. The molecule has 15 heavy (non-hydrogen) atoms. The van der Waals surface area contributed by atoms with Crippen LogP contribution in [0.3, 0.4) is 0 Å². The average Bonchev–Trinajstić information content (AvgIpc) is 3.01. The first-order valence-electron chi connectivity index (χ1n) is 5.22. The summed E-state index contributed by atoms with van der Waals surface area (Å²) in [7, 11) is 0. The molecular formula is C11H13N3S. The molecule has 0 radical (unpaired) electrons. The number of nitrogens with one attached hydrogen (secondary N) is 1. The van der Waals surface area contributed by atoms with Crippen LogP contribution in [0.4, 0.5) is 0 Å². The first kappa shape index (κ1) is 9.12. The fourth-order valence-corrected chi connectivity index (χ4v) is 2.81. The van der Waals surface area contributed by atoms with E-state index in [4.69, 9.17) is 0 Å². The van der Waals surface area contributed by atoms with E-state index in [0.29, 0.717) is 6.04 Å². The van der Waals surface area contributed by atoms with Crippen molar-refractivity contribution in [2.24, 2.45) is 0 Å². The molecule has 1 aliphatic heterocycles. The van der Waals surface area contributed by atoms with Crippen molar-refractivity contribution in [3.05, 3.63) is 29.9 Å². The fourth-order valence-electron chi connectivity index (χ4n) is 2.08. The Kier molecular flexibility index (Phi) is 2.31. The second-order valence-electron chi connectivity index (χ2n) is 3.78. The van der Waals surface area contributed by atoms with Gasteiger partial charge in [-0.1, -0.05) is 6.07 Å². The predicted octanol–water partition coefficient (Wildman–Crippen LogP) is 2.15. The Morgan fingerprint density at radius 1 is 1.53 bits per heavy atom. The lowest BCUT2D eigenvalue weighted by Gasteiger charge is -2.13. The smallest absolute Gasteiger partial charge is 0.150 e. The highest BCUT2D eigenvalue weighted by molar-refractivity contribution is 7.13. The number of hydrogen-bond donors (Lipinski definition) is 1. The Balaban J connectivity index is 1.98. The van der Waals surface area contributed by atoms with Crippen LogP contribution >= 0.6 is 11.3 Å². The Bertz CT molecular complexity index is 426. The molecule has 1 aliphatic rings. The van der Waals surface area contributed by atoms with Gasteiger partial charge in [-0.15, -0.1) is 11.3 Å². The third kappa shape index (κ3) is 1.60. The summed E-state index contributed by atoms with van der Waals surface area (Å²) in [5.41, 5.74) is 0. The van der Waals surface area contributed by atoms with Gasteiger partial charge in [0.2, 0.25) is 0 Å². The van der Waals surface area contributed by atoms with E-state index in [-0.39, 0.29) is 0 Å². The van der Waals surface area contributed by atoms with Crippen LogP contribution in [0.15, 0.2) is 29.9 Å². The molecule has 3 rings (SSSR count). The number of nitrogens with zero attached hydrogens (tertiary/aromatic N) is 2. The maximum absolute atomic E-state index is 4.45. The fraction of sp³-hybridized carbons (Fsp3) is 0.364. The van der Waals surface area contributed by atoms with Gasteiger partial charge < -0.3 is 9.88 Å². The normalized spacial score (nSPS) is 20.9. The third-order valence-electron chi connectivity index (χ3n) is 2.84. The number of hydrogen-bond acceptors (Lipinski definition) is 3. The first-order valence-corrected chi connectivity index (χ1v) is 6.10. The van der Waals surface area contributed by atoms with E-state index >= 15 is 0 Å². The average molecular weight is 219 g/mol. The number of imidazole rings is 1. The lowest BCUT2D eigenvalue weighted by Crippen LogP contribution is -2.13. The highest BCUT2D eigenvalue weighted by atomic mass is 32.1. The molecule has 2 aromatic rings. The van der Waals surface area contributed by atoms with Crippen LogP contribution in [0.25, 0.3) is 10.7 Å². The summed E-state index contributed by atoms with van der Waals surface area (Å²) >= 11 is 1.75. The maximum Gasteiger partial charge on any atom is 0.150 e. The Hall–Kier alpha value is -1.13. The van der Waals surface area contributed by atoms with Gasteiger partial charge in [-0.25, -0.2) is 4.98 Å². The highest BCUT2D eigenvalue weighted by Crippen LogP contribution is 2.27. The van der Waals surface area contributed by atoms with Crippen LogP contribution in [-0.4, -0.2) is 22.6 Å². The summed E-state index contributed by atoms with van der Waals surface area (Å²) in [6.45, 7) is 2.18. The molecule has 0 aliphatic carbocycles. The lowest BCUT2D eigenvalue weighted by atomic mass is 10.2. The van der Waals surface area contributed by atoms with E-state index in [9.17, 15) is 0 Å². The van der Waals surface area contributed by atoms with Gasteiger partial charge in [0.1, 0.15) is 5.82 Å².